The van der Waals surface area contributed by atoms with E-state index in [1.165, 1.54) is 33.4 Å². The monoisotopic (exact) mass is 345 g/mol. The normalized spacial score (nSPS) is 12.5. The number of aryl methyl sites for hydroxylation is 4. The van der Waals surface area contributed by atoms with Crippen molar-refractivity contribution in [2.45, 2.75) is 40.7 Å². The van der Waals surface area contributed by atoms with Gasteiger partial charge in [0.2, 0.25) is 0 Å². The molecule has 21 heavy (non-hydrogen) atoms. The second kappa shape index (κ2) is 6.76. The summed E-state index contributed by atoms with van der Waals surface area (Å²) < 4.78 is 1.14. The number of rotatable bonds is 4. The van der Waals surface area contributed by atoms with Crippen LogP contribution in [0, 0.1) is 27.7 Å². The third-order valence-corrected chi connectivity index (χ3v) is 4.46. The number of benzene rings is 2. The summed E-state index contributed by atoms with van der Waals surface area (Å²) in [4.78, 5) is 0. The third-order valence-electron chi connectivity index (χ3n) is 4.00. The molecule has 0 amide bonds. The molecule has 0 aliphatic heterocycles. The summed E-state index contributed by atoms with van der Waals surface area (Å²) in [6, 6.07) is 11.5. The minimum atomic E-state index is 0.241. The SMILES string of the molecule is CCNC(c1cc(C)cc(Br)c1)c1cc(C)c(C)cc1C. The first kappa shape index (κ1) is 16.3. The molecule has 0 saturated carbocycles. The predicted molar refractivity (Wildman–Crippen MR) is 95.1 cm³/mol. The molecule has 2 rings (SSSR count). The Bertz CT molecular complexity index is 626. The van der Waals surface area contributed by atoms with Crippen LogP contribution in [0.4, 0.5) is 0 Å². The molecule has 2 aromatic carbocycles. The van der Waals surface area contributed by atoms with E-state index < -0.39 is 0 Å². The lowest BCUT2D eigenvalue weighted by atomic mass is 9.91. The highest BCUT2D eigenvalue weighted by molar-refractivity contribution is 9.10. The largest absolute Gasteiger partial charge is 0.307 e. The van der Waals surface area contributed by atoms with E-state index in [-0.39, 0.29) is 6.04 Å². The van der Waals surface area contributed by atoms with Crippen LogP contribution in [0.2, 0.25) is 0 Å². The first-order valence-electron chi connectivity index (χ1n) is 7.50. The van der Waals surface area contributed by atoms with Crippen molar-refractivity contribution in [3.63, 3.8) is 0 Å². The van der Waals surface area contributed by atoms with Crippen molar-refractivity contribution in [1.29, 1.82) is 0 Å². The summed E-state index contributed by atoms with van der Waals surface area (Å²) in [5, 5.41) is 3.64. The van der Waals surface area contributed by atoms with E-state index in [4.69, 9.17) is 0 Å². The molecule has 2 heteroatoms. The highest BCUT2D eigenvalue weighted by Crippen LogP contribution is 2.29. The highest BCUT2D eigenvalue weighted by Gasteiger charge is 2.17. The second-order valence-corrected chi connectivity index (χ2v) is 6.76. The lowest BCUT2D eigenvalue weighted by Gasteiger charge is -2.23. The zero-order valence-electron chi connectivity index (χ0n) is 13.5. The van der Waals surface area contributed by atoms with Crippen molar-refractivity contribution < 1.29 is 0 Å². The van der Waals surface area contributed by atoms with Gasteiger partial charge < -0.3 is 5.32 Å². The smallest absolute Gasteiger partial charge is 0.0579 e. The molecular formula is C19H24BrN. The topological polar surface area (TPSA) is 12.0 Å². The maximum absolute atomic E-state index is 3.64. The average molecular weight is 346 g/mol. The van der Waals surface area contributed by atoms with Crippen LogP contribution in [0.25, 0.3) is 0 Å². The first-order chi connectivity index (χ1) is 9.92. The van der Waals surface area contributed by atoms with Crippen molar-refractivity contribution in [2.24, 2.45) is 0 Å². The van der Waals surface area contributed by atoms with Crippen LogP contribution in [0.5, 0.6) is 0 Å². The highest BCUT2D eigenvalue weighted by atomic mass is 79.9. The van der Waals surface area contributed by atoms with Crippen LogP contribution in [0.1, 0.15) is 46.3 Å². The molecule has 2 aromatic rings. The van der Waals surface area contributed by atoms with Gasteiger partial charge in [0.25, 0.3) is 0 Å². The Morgan fingerprint density at radius 3 is 2.19 bits per heavy atom. The van der Waals surface area contributed by atoms with E-state index in [0.29, 0.717) is 0 Å². The van der Waals surface area contributed by atoms with Gasteiger partial charge >= 0.3 is 0 Å². The molecule has 1 nitrogen and oxygen atoms in total. The summed E-state index contributed by atoms with van der Waals surface area (Å²) in [6.07, 6.45) is 0. The molecule has 0 saturated heterocycles. The third kappa shape index (κ3) is 3.75. The fourth-order valence-electron chi connectivity index (χ4n) is 2.84. The fraction of sp³-hybridized carbons (Fsp3) is 0.368. The minimum absolute atomic E-state index is 0.241. The zero-order valence-corrected chi connectivity index (χ0v) is 15.1. The molecule has 0 aromatic heterocycles. The Hall–Kier alpha value is -1.12. The summed E-state index contributed by atoms with van der Waals surface area (Å²) in [5.41, 5.74) is 8.03. The Morgan fingerprint density at radius 1 is 0.905 bits per heavy atom. The molecule has 0 heterocycles. The number of hydrogen-bond donors (Lipinski definition) is 1. The van der Waals surface area contributed by atoms with Crippen molar-refractivity contribution >= 4 is 15.9 Å². The quantitative estimate of drug-likeness (QED) is 0.783. The van der Waals surface area contributed by atoms with E-state index in [2.05, 4.69) is 86.2 Å². The number of hydrogen-bond acceptors (Lipinski definition) is 1. The van der Waals surface area contributed by atoms with E-state index in [1.54, 1.807) is 0 Å². The lowest BCUT2D eigenvalue weighted by Crippen LogP contribution is -2.23. The Morgan fingerprint density at radius 2 is 1.57 bits per heavy atom. The van der Waals surface area contributed by atoms with Gasteiger partial charge in [0, 0.05) is 4.47 Å². The molecule has 1 unspecified atom stereocenters. The van der Waals surface area contributed by atoms with Crippen LogP contribution in [-0.4, -0.2) is 6.54 Å². The molecule has 112 valence electrons. The van der Waals surface area contributed by atoms with Crippen LogP contribution >= 0.6 is 15.9 Å². The Balaban J connectivity index is 2.55. The Kier molecular flexibility index (Phi) is 5.23. The van der Waals surface area contributed by atoms with E-state index in [0.717, 1.165) is 11.0 Å². The van der Waals surface area contributed by atoms with E-state index in [9.17, 15) is 0 Å². The maximum atomic E-state index is 3.64. The predicted octanol–water partition coefficient (Wildman–Crippen LogP) is 5.38. The maximum Gasteiger partial charge on any atom is 0.0579 e. The minimum Gasteiger partial charge on any atom is -0.307 e. The van der Waals surface area contributed by atoms with Crippen LogP contribution in [0.3, 0.4) is 0 Å². The van der Waals surface area contributed by atoms with Crippen molar-refractivity contribution in [3.05, 3.63) is 68.2 Å². The lowest BCUT2D eigenvalue weighted by molar-refractivity contribution is 0.626. The van der Waals surface area contributed by atoms with Crippen LogP contribution in [0.15, 0.2) is 34.8 Å². The molecule has 0 aliphatic carbocycles. The molecule has 0 bridgehead atoms. The molecule has 1 N–H and O–H groups in total. The van der Waals surface area contributed by atoms with E-state index >= 15 is 0 Å². The first-order valence-corrected chi connectivity index (χ1v) is 8.30. The van der Waals surface area contributed by atoms with Gasteiger partial charge in [-0.25, -0.2) is 0 Å². The van der Waals surface area contributed by atoms with Crippen LogP contribution < -0.4 is 5.32 Å². The number of halogens is 1. The van der Waals surface area contributed by atoms with Gasteiger partial charge in [-0.2, -0.15) is 0 Å². The van der Waals surface area contributed by atoms with Gasteiger partial charge in [-0.05, 0) is 79.8 Å². The summed E-state index contributed by atoms with van der Waals surface area (Å²) >= 11 is 3.62. The number of nitrogens with one attached hydrogen (secondary N) is 1. The van der Waals surface area contributed by atoms with Gasteiger partial charge in [-0.15, -0.1) is 0 Å². The zero-order chi connectivity index (χ0) is 15.6. The van der Waals surface area contributed by atoms with Gasteiger partial charge in [0.1, 0.15) is 0 Å². The van der Waals surface area contributed by atoms with Gasteiger partial charge in [-0.3, -0.25) is 0 Å². The summed E-state index contributed by atoms with van der Waals surface area (Å²) in [5.74, 6) is 0. The average Bonchev–Trinajstić information content (AvgIpc) is 2.39. The molecule has 0 spiro atoms. The fourth-order valence-corrected chi connectivity index (χ4v) is 3.46. The summed E-state index contributed by atoms with van der Waals surface area (Å²) in [6.45, 7) is 11.8. The molecule has 0 fully saturated rings. The second-order valence-electron chi connectivity index (χ2n) is 5.85. The standard InChI is InChI=1S/C19H24BrN/c1-6-21-19(16-7-12(2)8-17(20)11-16)18-10-14(4)13(3)9-15(18)5/h7-11,19,21H,6H2,1-5H3. The molecule has 0 aliphatic rings. The van der Waals surface area contributed by atoms with Crippen molar-refractivity contribution in [1.82, 2.24) is 5.32 Å². The summed E-state index contributed by atoms with van der Waals surface area (Å²) in [7, 11) is 0. The molecule has 1 atom stereocenters. The Labute approximate surface area is 136 Å². The van der Waals surface area contributed by atoms with Gasteiger partial charge in [0.15, 0.2) is 0 Å². The van der Waals surface area contributed by atoms with E-state index in [1.807, 2.05) is 0 Å². The van der Waals surface area contributed by atoms with Crippen molar-refractivity contribution in [3.8, 4) is 0 Å². The van der Waals surface area contributed by atoms with Crippen molar-refractivity contribution in [2.75, 3.05) is 6.54 Å². The van der Waals surface area contributed by atoms with Gasteiger partial charge in [-0.1, -0.05) is 41.1 Å². The molecular weight excluding hydrogens is 322 g/mol. The van der Waals surface area contributed by atoms with Crippen LogP contribution in [-0.2, 0) is 0 Å². The van der Waals surface area contributed by atoms with Gasteiger partial charge in [0.05, 0.1) is 6.04 Å². The molecule has 0 radical (unpaired) electrons.